The zero-order valence-electron chi connectivity index (χ0n) is 12.0. The summed E-state index contributed by atoms with van der Waals surface area (Å²) in [7, 11) is 0. The number of anilines is 1. The van der Waals surface area contributed by atoms with Crippen LogP contribution < -0.4 is 10.1 Å². The summed E-state index contributed by atoms with van der Waals surface area (Å²) in [4.78, 5) is 33.3. The van der Waals surface area contributed by atoms with Crippen molar-refractivity contribution in [3.63, 3.8) is 0 Å². The van der Waals surface area contributed by atoms with E-state index >= 15 is 0 Å². The predicted molar refractivity (Wildman–Crippen MR) is 73.4 cm³/mol. The van der Waals surface area contributed by atoms with Gasteiger partial charge >= 0.3 is 12.3 Å². The van der Waals surface area contributed by atoms with Gasteiger partial charge in [0.1, 0.15) is 5.82 Å². The second-order valence-corrected chi connectivity index (χ2v) is 4.60. The highest BCUT2D eigenvalue weighted by atomic mass is 35.5. The smallest absolute Gasteiger partial charge is 0.434 e. The van der Waals surface area contributed by atoms with E-state index in [9.17, 15) is 31.9 Å². The molecule has 24 heavy (non-hydrogen) atoms. The van der Waals surface area contributed by atoms with E-state index in [1.807, 2.05) is 0 Å². The van der Waals surface area contributed by atoms with Crippen LogP contribution in [-0.4, -0.2) is 30.6 Å². The summed E-state index contributed by atoms with van der Waals surface area (Å²) >= 11 is 5.64. The van der Waals surface area contributed by atoms with E-state index in [0.29, 0.717) is 6.07 Å². The number of nitrogens with one attached hydrogen (secondary N) is 1. The second-order valence-electron chi connectivity index (χ2n) is 4.19. The summed E-state index contributed by atoms with van der Waals surface area (Å²) in [6.45, 7) is 1.48. The predicted octanol–water partition coefficient (Wildman–Crippen LogP) is 3.47. The average molecular weight is 372 g/mol. The van der Waals surface area contributed by atoms with Crippen LogP contribution in [0.3, 0.4) is 0 Å². The molecule has 0 unspecified atom stereocenters. The molecule has 0 atom stereocenters. The molecule has 1 aromatic carbocycles. The Kier molecular flexibility index (Phi) is 6.52. The van der Waals surface area contributed by atoms with Gasteiger partial charge in [0, 0.05) is 6.07 Å². The lowest BCUT2D eigenvalue weighted by Gasteiger charge is -2.11. The first-order valence-electron chi connectivity index (χ1n) is 6.28. The lowest BCUT2D eigenvalue weighted by molar-refractivity contribution is -0.171. The van der Waals surface area contributed by atoms with Crippen LogP contribution in [0.15, 0.2) is 12.1 Å². The number of carbonyl (C=O) groups excluding carboxylic acids is 3. The molecule has 0 aromatic heterocycles. The number of ketones is 1. The number of benzene rings is 1. The largest absolute Gasteiger partial charge is 0.513 e. The van der Waals surface area contributed by atoms with Crippen molar-refractivity contribution in [1.29, 1.82) is 0 Å². The van der Waals surface area contributed by atoms with Crippen LogP contribution >= 0.6 is 11.6 Å². The first-order valence-corrected chi connectivity index (χ1v) is 6.66. The van der Waals surface area contributed by atoms with Crippen molar-refractivity contribution < 1.29 is 41.4 Å². The molecule has 0 aliphatic heterocycles. The maximum absolute atomic E-state index is 13.7. The Labute approximate surface area is 137 Å². The fourth-order valence-electron chi connectivity index (χ4n) is 1.38. The minimum Gasteiger partial charge on any atom is -0.434 e. The molecule has 0 aliphatic carbocycles. The van der Waals surface area contributed by atoms with E-state index in [0.717, 1.165) is 6.07 Å². The van der Waals surface area contributed by atoms with Gasteiger partial charge in [-0.05, 0) is 13.0 Å². The lowest BCUT2D eigenvalue weighted by Crippen LogP contribution is -2.28. The summed E-state index contributed by atoms with van der Waals surface area (Å²) in [5.41, 5.74) is -0.626. The Morgan fingerprint density at radius 3 is 2.42 bits per heavy atom. The molecule has 0 saturated heterocycles. The third-order valence-electron chi connectivity index (χ3n) is 2.39. The van der Waals surface area contributed by atoms with Crippen molar-refractivity contribution in [2.24, 2.45) is 0 Å². The molecule has 0 fully saturated rings. The average Bonchev–Trinajstić information content (AvgIpc) is 2.43. The van der Waals surface area contributed by atoms with Crippen LogP contribution in [0.25, 0.3) is 0 Å². The topological polar surface area (TPSA) is 81.7 Å². The maximum Gasteiger partial charge on any atom is 0.513 e. The minimum absolute atomic E-state index is 0.0131. The highest BCUT2D eigenvalue weighted by Gasteiger charge is 2.39. The fraction of sp³-hybridized carbons (Fsp3) is 0.308. The van der Waals surface area contributed by atoms with Crippen molar-refractivity contribution >= 4 is 35.1 Å². The molecule has 1 amide bonds. The lowest BCUT2D eigenvalue weighted by atomic mass is 10.2. The van der Waals surface area contributed by atoms with Crippen molar-refractivity contribution in [3.05, 3.63) is 23.0 Å². The summed E-state index contributed by atoms with van der Waals surface area (Å²) in [5, 5.41) is 1.42. The highest BCUT2D eigenvalue weighted by Crippen LogP contribution is 2.31. The standard InChI is InChI=1S/C13H10ClF4NO5/c1-2-23-12(22)24-9-4-8(7(15)3-6(9)14)19-11(21)5-10(20)13(16,17)18/h3-4H,2,5H2,1H3,(H,19,21). The van der Waals surface area contributed by atoms with E-state index in [-0.39, 0.29) is 11.6 Å². The molecule has 1 aromatic rings. The van der Waals surface area contributed by atoms with Gasteiger partial charge in [0.05, 0.1) is 23.7 Å². The van der Waals surface area contributed by atoms with Crippen molar-refractivity contribution in [2.75, 3.05) is 11.9 Å². The van der Waals surface area contributed by atoms with Crippen LogP contribution in [0.5, 0.6) is 5.75 Å². The van der Waals surface area contributed by atoms with Crippen LogP contribution in [0, 0.1) is 5.82 Å². The Hall–Kier alpha value is -2.36. The minimum atomic E-state index is -5.19. The van der Waals surface area contributed by atoms with Crippen molar-refractivity contribution in [1.82, 2.24) is 0 Å². The molecular weight excluding hydrogens is 362 g/mol. The molecule has 0 saturated carbocycles. The summed E-state index contributed by atoms with van der Waals surface area (Å²) < 4.78 is 59.0. The number of hydrogen-bond donors (Lipinski definition) is 1. The number of alkyl halides is 3. The Bertz CT molecular complexity index is 662. The van der Waals surface area contributed by atoms with E-state index < -0.39 is 47.7 Å². The number of ether oxygens (including phenoxy) is 2. The zero-order chi connectivity index (χ0) is 18.5. The third-order valence-corrected chi connectivity index (χ3v) is 2.68. The molecule has 0 bridgehead atoms. The molecule has 132 valence electrons. The summed E-state index contributed by atoms with van der Waals surface area (Å²) in [6, 6.07) is 1.43. The molecule has 11 heteroatoms. The maximum atomic E-state index is 13.7. The van der Waals surface area contributed by atoms with E-state index in [1.54, 1.807) is 5.32 Å². The van der Waals surface area contributed by atoms with E-state index in [1.165, 1.54) is 6.92 Å². The molecule has 0 aliphatic rings. The summed E-state index contributed by atoms with van der Waals surface area (Å²) in [5.74, 6) is -5.20. The normalized spacial score (nSPS) is 10.9. The Morgan fingerprint density at radius 1 is 1.25 bits per heavy atom. The number of rotatable bonds is 5. The van der Waals surface area contributed by atoms with Crippen LogP contribution in [0.1, 0.15) is 13.3 Å². The zero-order valence-corrected chi connectivity index (χ0v) is 12.8. The van der Waals surface area contributed by atoms with Gasteiger partial charge in [-0.1, -0.05) is 11.6 Å². The van der Waals surface area contributed by atoms with Crippen LogP contribution in [-0.2, 0) is 14.3 Å². The van der Waals surface area contributed by atoms with Gasteiger partial charge in [0.15, 0.2) is 5.75 Å². The molecule has 1 N–H and O–H groups in total. The van der Waals surface area contributed by atoms with Gasteiger partial charge in [-0.25, -0.2) is 9.18 Å². The van der Waals surface area contributed by atoms with Crippen molar-refractivity contribution in [3.8, 4) is 5.75 Å². The summed E-state index contributed by atoms with van der Waals surface area (Å²) in [6.07, 6.45) is -7.87. The second kappa shape index (κ2) is 7.95. The van der Waals surface area contributed by atoms with Gasteiger partial charge < -0.3 is 14.8 Å². The molecule has 6 nitrogen and oxygen atoms in total. The number of halogens is 5. The quantitative estimate of drug-likeness (QED) is 0.371. The number of Topliss-reactive ketones (excluding diaryl/α,β-unsaturated/α-hetero) is 1. The number of carbonyl (C=O) groups is 3. The molecule has 0 heterocycles. The monoisotopic (exact) mass is 371 g/mol. The molecular formula is C13H10ClF4NO5. The van der Waals surface area contributed by atoms with Crippen LogP contribution in [0.4, 0.5) is 28.0 Å². The van der Waals surface area contributed by atoms with Gasteiger partial charge in [-0.2, -0.15) is 13.2 Å². The number of hydrogen-bond acceptors (Lipinski definition) is 5. The van der Waals surface area contributed by atoms with Gasteiger partial charge in [-0.3, -0.25) is 9.59 Å². The van der Waals surface area contributed by atoms with Gasteiger partial charge in [-0.15, -0.1) is 0 Å². The Morgan fingerprint density at radius 2 is 1.88 bits per heavy atom. The van der Waals surface area contributed by atoms with Crippen molar-refractivity contribution in [2.45, 2.75) is 19.5 Å². The number of amides is 1. The van der Waals surface area contributed by atoms with E-state index in [2.05, 4.69) is 9.47 Å². The SMILES string of the molecule is CCOC(=O)Oc1cc(NC(=O)CC(=O)C(F)(F)F)c(F)cc1Cl. The van der Waals surface area contributed by atoms with Crippen LogP contribution in [0.2, 0.25) is 5.02 Å². The first-order chi connectivity index (χ1) is 11.0. The van der Waals surface area contributed by atoms with Gasteiger partial charge in [0.25, 0.3) is 0 Å². The fourth-order valence-corrected chi connectivity index (χ4v) is 1.57. The first kappa shape index (κ1) is 19.7. The third kappa shape index (κ3) is 5.69. The van der Waals surface area contributed by atoms with E-state index in [4.69, 9.17) is 11.6 Å². The van der Waals surface area contributed by atoms with Gasteiger partial charge in [0.2, 0.25) is 11.7 Å². The highest BCUT2D eigenvalue weighted by molar-refractivity contribution is 6.32. The molecule has 1 rings (SSSR count). The molecule has 0 radical (unpaired) electrons. The Balaban J connectivity index is 2.90. The molecule has 0 spiro atoms.